The Kier molecular flexibility index (Phi) is 7.43. The van der Waals surface area contributed by atoms with Gasteiger partial charge in [-0.3, -0.25) is 9.51 Å². The lowest BCUT2D eigenvalue weighted by Gasteiger charge is -2.32. The number of imidazole rings is 1. The van der Waals surface area contributed by atoms with Crippen molar-refractivity contribution in [3.8, 4) is 11.6 Å². The van der Waals surface area contributed by atoms with Crippen molar-refractivity contribution in [1.82, 2.24) is 34.6 Å². The molecule has 1 unspecified atom stereocenters. The first-order valence-corrected chi connectivity index (χ1v) is 14.6. The molecule has 6 rings (SSSR count). The van der Waals surface area contributed by atoms with E-state index in [9.17, 15) is 18.0 Å². The minimum absolute atomic E-state index is 0.0255. The summed E-state index contributed by atoms with van der Waals surface area (Å²) in [6.45, 7) is 7.26. The molecule has 230 valence electrons. The number of anilines is 2. The lowest BCUT2D eigenvalue weighted by atomic mass is 9.80. The van der Waals surface area contributed by atoms with Crippen LogP contribution in [0, 0.1) is 11.3 Å². The first-order chi connectivity index (χ1) is 20.4. The molecular weight excluding hydrogens is 563 g/mol. The van der Waals surface area contributed by atoms with Gasteiger partial charge < -0.3 is 19.7 Å². The van der Waals surface area contributed by atoms with Gasteiger partial charge in [0.1, 0.15) is 5.52 Å². The largest absolute Gasteiger partial charge is 0.439 e. The highest BCUT2D eigenvalue weighted by atomic mass is 19.4. The number of aromatic amines is 1. The highest BCUT2D eigenvalue weighted by molar-refractivity contribution is 5.87. The van der Waals surface area contributed by atoms with Crippen molar-refractivity contribution >= 4 is 22.9 Å². The first-order valence-electron chi connectivity index (χ1n) is 14.6. The van der Waals surface area contributed by atoms with E-state index in [2.05, 4.69) is 51.1 Å². The Morgan fingerprint density at radius 1 is 1.21 bits per heavy atom. The quantitative estimate of drug-likeness (QED) is 0.284. The van der Waals surface area contributed by atoms with Crippen LogP contribution in [0.2, 0.25) is 0 Å². The number of hydrogen-bond donors (Lipinski definition) is 2. The van der Waals surface area contributed by atoms with Crippen LogP contribution in [0.25, 0.3) is 22.8 Å². The third-order valence-electron chi connectivity index (χ3n) is 8.79. The van der Waals surface area contributed by atoms with Crippen LogP contribution in [0.15, 0.2) is 33.6 Å². The smallest absolute Gasteiger partial charge is 0.365 e. The van der Waals surface area contributed by atoms with Crippen molar-refractivity contribution in [2.75, 3.05) is 43.9 Å². The van der Waals surface area contributed by atoms with E-state index in [1.54, 1.807) is 0 Å². The van der Waals surface area contributed by atoms with Gasteiger partial charge in [0.2, 0.25) is 17.6 Å². The Balaban J connectivity index is 1.47. The summed E-state index contributed by atoms with van der Waals surface area (Å²) in [5.41, 5.74) is 0.999. The normalized spacial score (nSPS) is 20.4. The monoisotopic (exact) mass is 599 g/mol. The predicted molar refractivity (Wildman–Crippen MR) is 156 cm³/mol. The molecular formula is C29H36F3N9O2. The second-order valence-corrected chi connectivity index (χ2v) is 12.5. The molecule has 1 aliphatic heterocycles. The zero-order valence-electron chi connectivity index (χ0n) is 24.7. The van der Waals surface area contributed by atoms with Crippen LogP contribution in [0.5, 0.6) is 0 Å². The second-order valence-electron chi connectivity index (χ2n) is 12.5. The number of alkyl halides is 3. The molecule has 0 amide bonds. The molecule has 2 N–H and O–H groups in total. The summed E-state index contributed by atoms with van der Waals surface area (Å²) in [5, 5.41) is 7.34. The highest BCUT2D eigenvalue weighted by Crippen LogP contribution is 2.36. The van der Waals surface area contributed by atoms with Crippen molar-refractivity contribution in [3.05, 3.63) is 45.9 Å². The van der Waals surface area contributed by atoms with Crippen LogP contribution in [-0.4, -0.2) is 74.3 Å². The molecule has 1 aliphatic carbocycles. The van der Waals surface area contributed by atoms with E-state index in [1.807, 2.05) is 11.6 Å². The fourth-order valence-corrected chi connectivity index (χ4v) is 6.30. The number of nitrogens with zero attached hydrogens (tertiary/aromatic N) is 7. The molecule has 0 spiro atoms. The third kappa shape index (κ3) is 5.97. The molecule has 4 heterocycles. The molecule has 1 saturated heterocycles. The summed E-state index contributed by atoms with van der Waals surface area (Å²) >= 11 is 0. The average Bonchev–Trinajstić information content (AvgIpc) is 3.59. The summed E-state index contributed by atoms with van der Waals surface area (Å²) in [6.07, 6.45) is 0.00413. The molecule has 43 heavy (non-hydrogen) atoms. The zero-order chi connectivity index (χ0) is 30.5. The Labute approximate surface area is 246 Å². The molecule has 1 aromatic carbocycles. The average molecular weight is 600 g/mol. The second kappa shape index (κ2) is 11.0. The Morgan fingerprint density at radius 3 is 2.53 bits per heavy atom. The molecule has 3 aromatic heterocycles. The summed E-state index contributed by atoms with van der Waals surface area (Å²) in [5.74, 6) is 1.12. The predicted octanol–water partition coefficient (Wildman–Crippen LogP) is 4.62. The molecule has 11 nitrogen and oxygen atoms in total. The molecule has 2 fully saturated rings. The maximum Gasteiger partial charge on any atom is 0.439 e. The van der Waals surface area contributed by atoms with Gasteiger partial charge in [0, 0.05) is 26.2 Å². The Morgan fingerprint density at radius 2 is 1.95 bits per heavy atom. The number of halogens is 3. The molecule has 4 aromatic rings. The van der Waals surface area contributed by atoms with E-state index < -0.39 is 17.5 Å². The van der Waals surface area contributed by atoms with Gasteiger partial charge in [-0.1, -0.05) is 30.6 Å². The highest BCUT2D eigenvalue weighted by Gasteiger charge is 2.35. The first kappa shape index (κ1) is 29.1. The van der Waals surface area contributed by atoms with Gasteiger partial charge in [-0.05, 0) is 68.8 Å². The zero-order valence-corrected chi connectivity index (χ0v) is 24.7. The van der Waals surface area contributed by atoms with Crippen molar-refractivity contribution < 1.29 is 17.7 Å². The summed E-state index contributed by atoms with van der Waals surface area (Å²) in [6, 6.07) is 5.27. The van der Waals surface area contributed by atoms with E-state index in [1.165, 1.54) is 18.6 Å². The number of nitrogens with one attached hydrogen (secondary N) is 2. The van der Waals surface area contributed by atoms with Crippen molar-refractivity contribution in [3.63, 3.8) is 0 Å². The number of benzene rings is 1. The van der Waals surface area contributed by atoms with Gasteiger partial charge in [-0.15, -0.1) is 0 Å². The fourth-order valence-electron chi connectivity index (χ4n) is 6.30. The van der Waals surface area contributed by atoms with Crippen LogP contribution in [-0.2, 0) is 12.7 Å². The Bertz CT molecular complexity index is 1660. The molecule has 2 atom stereocenters. The maximum atomic E-state index is 13.3. The van der Waals surface area contributed by atoms with E-state index in [-0.39, 0.29) is 29.7 Å². The lowest BCUT2D eigenvalue weighted by molar-refractivity contribution is -0.137. The van der Waals surface area contributed by atoms with Crippen molar-refractivity contribution in [2.24, 2.45) is 11.3 Å². The van der Waals surface area contributed by atoms with Gasteiger partial charge in [-0.2, -0.15) is 18.2 Å². The summed E-state index contributed by atoms with van der Waals surface area (Å²) in [4.78, 5) is 33.0. The van der Waals surface area contributed by atoms with Gasteiger partial charge in [-0.25, -0.2) is 14.8 Å². The van der Waals surface area contributed by atoms with E-state index in [0.29, 0.717) is 41.0 Å². The van der Waals surface area contributed by atoms with Gasteiger partial charge in [0.15, 0.2) is 11.5 Å². The molecule has 0 bridgehead atoms. The van der Waals surface area contributed by atoms with Crippen LogP contribution < -0.4 is 16.0 Å². The van der Waals surface area contributed by atoms with Crippen molar-refractivity contribution in [2.45, 2.75) is 58.3 Å². The fraction of sp³-hybridized carbons (Fsp3) is 0.552. The topological polar surface area (TPSA) is 121 Å². The van der Waals surface area contributed by atoms with Gasteiger partial charge >= 0.3 is 11.9 Å². The Hall–Kier alpha value is -3.94. The summed E-state index contributed by atoms with van der Waals surface area (Å²) < 4.78 is 46.6. The molecule has 14 heteroatoms. The molecule has 0 radical (unpaired) electrons. The third-order valence-corrected chi connectivity index (χ3v) is 8.79. The number of aromatic nitrogens is 6. The SMILES string of the molecule is C[C@@H](Nc1nc(-c2noc(=O)[nH]2)nc2nc(N(C)CC3(C)CCN(C)C3)n(Cc3ccc(C(F)(F)F)cc3)c12)C1CCC1. The number of rotatable bonds is 9. The minimum Gasteiger partial charge on any atom is -0.365 e. The van der Waals surface area contributed by atoms with E-state index in [0.717, 1.165) is 44.5 Å². The van der Waals surface area contributed by atoms with E-state index in [4.69, 9.17) is 14.5 Å². The maximum absolute atomic E-state index is 13.3. The number of likely N-dealkylation sites (tertiary alicyclic amines) is 1. The van der Waals surface area contributed by atoms with Crippen LogP contribution in [0.3, 0.4) is 0 Å². The van der Waals surface area contributed by atoms with Crippen LogP contribution in [0.4, 0.5) is 24.9 Å². The van der Waals surface area contributed by atoms with Crippen molar-refractivity contribution in [1.29, 1.82) is 0 Å². The van der Waals surface area contributed by atoms with Gasteiger partial charge in [0.25, 0.3) is 0 Å². The van der Waals surface area contributed by atoms with E-state index >= 15 is 0 Å². The van der Waals surface area contributed by atoms with Crippen LogP contribution >= 0.6 is 0 Å². The van der Waals surface area contributed by atoms with Crippen LogP contribution in [0.1, 0.15) is 50.7 Å². The number of H-pyrrole nitrogens is 1. The summed E-state index contributed by atoms with van der Waals surface area (Å²) in [7, 11) is 4.08. The standard InChI is InChI=1S/C29H36F3N9O2/c1-17(19-6-5-7-19)33-22-21-23(35-24(34-22)25-37-27(42)43-38-25)36-26(40(4)16-28(2)12-13-39(3)15-28)41(21)14-18-8-10-20(11-9-18)29(30,31)32/h8-11,17,19H,5-7,12-16H2,1-4H3,(H,33,34,35)(H,37,38,42)/t17-,28?/m1/s1. The van der Waals surface area contributed by atoms with Gasteiger partial charge in [0.05, 0.1) is 12.1 Å². The number of hydrogen-bond acceptors (Lipinski definition) is 9. The molecule has 1 saturated carbocycles. The number of fused-ring (bicyclic) bond motifs is 1. The lowest BCUT2D eigenvalue weighted by Crippen LogP contribution is -2.36. The minimum atomic E-state index is -4.42. The molecule has 2 aliphatic rings.